The van der Waals surface area contributed by atoms with E-state index in [1.807, 2.05) is 6.92 Å². The molecule has 2 unspecified atom stereocenters. The molecule has 1 saturated heterocycles. The number of rotatable bonds is 0. The second-order valence-electron chi connectivity index (χ2n) is 3.58. The number of likely N-dealkylation sites (tertiary alicyclic amines) is 1. The van der Waals surface area contributed by atoms with E-state index in [0.29, 0.717) is 12.5 Å². The highest BCUT2D eigenvalue weighted by Crippen LogP contribution is 2.22. The van der Waals surface area contributed by atoms with Gasteiger partial charge in [-0.05, 0) is 19.3 Å². The van der Waals surface area contributed by atoms with Crippen molar-refractivity contribution in [2.24, 2.45) is 5.92 Å². The van der Waals surface area contributed by atoms with E-state index in [-0.39, 0.29) is 6.04 Å². The number of hydrogen-bond donors (Lipinski definition) is 1. The maximum atomic E-state index is 11.4. The molecule has 1 heterocycles. The maximum absolute atomic E-state index is 11.4. The molecule has 0 aromatic carbocycles. The highest BCUT2D eigenvalue weighted by atomic mass is 16.2. The number of likely N-dealkylation sites (N-methyl/N-ethyl adjacent to an activating group) is 1. The summed E-state index contributed by atoms with van der Waals surface area (Å²) in [6.45, 7) is 4.79. The average Bonchev–Trinajstić information content (AvgIpc) is 2.45. The molecular weight excluding hydrogens is 168 g/mol. The van der Waals surface area contributed by atoms with Gasteiger partial charge in [-0.2, -0.15) is 0 Å². The number of nitrogens with one attached hydrogen (secondary N) is 1. The lowest BCUT2D eigenvalue weighted by molar-refractivity contribution is -0.146. The Hall–Kier alpha value is -1.06. The van der Waals surface area contributed by atoms with Gasteiger partial charge in [0.1, 0.15) is 0 Å². The van der Waals surface area contributed by atoms with Crippen molar-refractivity contribution in [2.45, 2.75) is 26.3 Å². The van der Waals surface area contributed by atoms with Crippen LogP contribution >= 0.6 is 0 Å². The molecule has 0 aromatic heterocycles. The van der Waals surface area contributed by atoms with Gasteiger partial charge in [-0.25, -0.2) is 0 Å². The fourth-order valence-electron chi connectivity index (χ4n) is 1.62. The minimum atomic E-state index is -0.513. The highest BCUT2D eigenvalue weighted by molar-refractivity contribution is 6.35. The van der Waals surface area contributed by atoms with Crippen molar-refractivity contribution < 1.29 is 9.59 Å². The van der Waals surface area contributed by atoms with Crippen molar-refractivity contribution in [3.63, 3.8) is 0 Å². The van der Waals surface area contributed by atoms with Gasteiger partial charge in [-0.1, -0.05) is 6.92 Å². The van der Waals surface area contributed by atoms with E-state index in [4.69, 9.17) is 0 Å². The largest absolute Gasteiger partial charge is 0.351 e. The van der Waals surface area contributed by atoms with Crippen LogP contribution in [0.15, 0.2) is 0 Å². The summed E-state index contributed by atoms with van der Waals surface area (Å²) in [5.41, 5.74) is 0. The van der Waals surface area contributed by atoms with Crippen LogP contribution in [-0.2, 0) is 9.59 Å². The number of nitrogens with zero attached hydrogens (tertiary/aromatic N) is 1. The monoisotopic (exact) mass is 184 g/mol. The quantitative estimate of drug-likeness (QED) is 0.538. The molecule has 0 radical (unpaired) electrons. The molecule has 0 saturated carbocycles. The summed E-state index contributed by atoms with van der Waals surface area (Å²) in [6.07, 6.45) is 0.990. The van der Waals surface area contributed by atoms with Gasteiger partial charge < -0.3 is 10.2 Å². The van der Waals surface area contributed by atoms with E-state index in [1.54, 1.807) is 4.90 Å². The molecule has 0 aliphatic carbocycles. The number of amides is 2. The molecule has 74 valence electrons. The third-order valence-electron chi connectivity index (χ3n) is 2.82. The van der Waals surface area contributed by atoms with Crippen LogP contribution in [0.1, 0.15) is 20.3 Å². The zero-order valence-electron chi connectivity index (χ0n) is 8.33. The summed E-state index contributed by atoms with van der Waals surface area (Å²) in [7, 11) is 1.48. The lowest BCUT2D eigenvalue weighted by Crippen LogP contribution is -2.44. The molecule has 1 fully saturated rings. The fraction of sp³-hybridized carbons (Fsp3) is 0.778. The Morgan fingerprint density at radius 2 is 2.00 bits per heavy atom. The van der Waals surface area contributed by atoms with Gasteiger partial charge in [0.15, 0.2) is 0 Å². The van der Waals surface area contributed by atoms with Gasteiger partial charge in [0.2, 0.25) is 0 Å². The molecular formula is C9H16N2O2. The maximum Gasteiger partial charge on any atom is 0.312 e. The van der Waals surface area contributed by atoms with Gasteiger partial charge in [-0.3, -0.25) is 9.59 Å². The van der Waals surface area contributed by atoms with E-state index in [0.717, 1.165) is 6.42 Å². The first kappa shape index (κ1) is 10.0. The minimum absolute atomic E-state index is 0.185. The molecule has 0 bridgehead atoms. The molecule has 1 aliphatic rings. The average molecular weight is 184 g/mol. The predicted octanol–water partition coefficient (Wildman–Crippen LogP) is -0.0107. The van der Waals surface area contributed by atoms with Gasteiger partial charge >= 0.3 is 11.8 Å². The van der Waals surface area contributed by atoms with E-state index in [1.165, 1.54) is 7.05 Å². The molecule has 1 N–H and O–H groups in total. The second-order valence-corrected chi connectivity index (χ2v) is 3.58. The van der Waals surface area contributed by atoms with Gasteiger partial charge in [0, 0.05) is 19.6 Å². The third kappa shape index (κ3) is 1.82. The van der Waals surface area contributed by atoms with Crippen molar-refractivity contribution in [1.82, 2.24) is 10.2 Å². The van der Waals surface area contributed by atoms with Crippen molar-refractivity contribution in [3.05, 3.63) is 0 Å². The standard InChI is InChI=1S/C9H16N2O2/c1-6-4-5-11(7(6)2)9(13)8(12)10-3/h6-7H,4-5H2,1-3H3,(H,10,12). The molecule has 4 nitrogen and oxygen atoms in total. The van der Waals surface area contributed by atoms with Crippen LogP contribution in [0.4, 0.5) is 0 Å². The van der Waals surface area contributed by atoms with Crippen LogP contribution in [0.2, 0.25) is 0 Å². The first-order chi connectivity index (χ1) is 6.07. The van der Waals surface area contributed by atoms with Crippen LogP contribution < -0.4 is 5.32 Å². The molecule has 4 heteroatoms. The third-order valence-corrected chi connectivity index (χ3v) is 2.82. The van der Waals surface area contributed by atoms with Gasteiger partial charge in [0.25, 0.3) is 0 Å². The first-order valence-corrected chi connectivity index (χ1v) is 4.60. The van der Waals surface area contributed by atoms with E-state index >= 15 is 0 Å². The summed E-state index contributed by atoms with van der Waals surface area (Å²) >= 11 is 0. The molecule has 2 amide bonds. The predicted molar refractivity (Wildman–Crippen MR) is 49.0 cm³/mol. The van der Waals surface area contributed by atoms with Crippen LogP contribution in [0, 0.1) is 5.92 Å². The summed E-state index contributed by atoms with van der Waals surface area (Å²) in [5, 5.41) is 2.35. The molecule has 0 spiro atoms. The minimum Gasteiger partial charge on any atom is -0.351 e. The van der Waals surface area contributed by atoms with Gasteiger partial charge in [0.05, 0.1) is 0 Å². The van der Waals surface area contributed by atoms with E-state index in [2.05, 4.69) is 12.2 Å². The Labute approximate surface area is 78.3 Å². The summed E-state index contributed by atoms with van der Waals surface area (Å²) in [4.78, 5) is 24.1. The normalized spacial score (nSPS) is 27.5. The van der Waals surface area contributed by atoms with Crippen LogP contribution in [0.5, 0.6) is 0 Å². The molecule has 0 aromatic rings. The number of carbonyl (C=O) groups excluding carboxylic acids is 2. The summed E-state index contributed by atoms with van der Waals surface area (Å²) in [6, 6.07) is 0.185. The first-order valence-electron chi connectivity index (χ1n) is 4.60. The SMILES string of the molecule is CNC(=O)C(=O)N1CCC(C)C1C. The fourth-order valence-corrected chi connectivity index (χ4v) is 1.62. The second kappa shape index (κ2) is 3.77. The van der Waals surface area contributed by atoms with Crippen molar-refractivity contribution in [1.29, 1.82) is 0 Å². The Kier molecular flexibility index (Phi) is 2.90. The number of hydrogen-bond acceptors (Lipinski definition) is 2. The van der Waals surface area contributed by atoms with Gasteiger partial charge in [-0.15, -0.1) is 0 Å². The van der Waals surface area contributed by atoms with Crippen LogP contribution in [0.3, 0.4) is 0 Å². The van der Waals surface area contributed by atoms with Crippen LogP contribution in [0.25, 0.3) is 0 Å². The lowest BCUT2D eigenvalue weighted by atomic mass is 10.1. The zero-order chi connectivity index (χ0) is 10.0. The summed E-state index contributed by atoms with van der Waals surface area (Å²) in [5.74, 6) is -0.422. The molecule has 13 heavy (non-hydrogen) atoms. The Morgan fingerprint density at radius 3 is 2.38 bits per heavy atom. The Bertz CT molecular complexity index is 228. The lowest BCUT2D eigenvalue weighted by Gasteiger charge is -2.22. The van der Waals surface area contributed by atoms with E-state index in [9.17, 15) is 9.59 Å². The number of carbonyl (C=O) groups is 2. The van der Waals surface area contributed by atoms with Crippen molar-refractivity contribution in [3.8, 4) is 0 Å². The Balaban J connectivity index is 2.63. The zero-order valence-corrected chi connectivity index (χ0v) is 8.33. The molecule has 1 aliphatic heterocycles. The molecule has 1 rings (SSSR count). The smallest absolute Gasteiger partial charge is 0.312 e. The molecule has 2 atom stereocenters. The topological polar surface area (TPSA) is 49.4 Å². The summed E-state index contributed by atoms with van der Waals surface area (Å²) < 4.78 is 0. The van der Waals surface area contributed by atoms with Crippen LogP contribution in [-0.4, -0.2) is 36.3 Å². The highest BCUT2D eigenvalue weighted by Gasteiger charge is 2.33. The van der Waals surface area contributed by atoms with Crippen molar-refractivity contribution in [2.75, 3.05) is 13.6 Å². The Morgan fingerprint density at radius 1 is 1.38 bits per heavy atom. The van der Waals surface area contributed by atoms with E-state index < -0.39 is 11.8 Å². The van der Waals surface area contributed by atoms with Crippen molar-refractivity contribution >= 4 is 11.8 Å².